The lowest BCUT2D eigenvalue weighted by molar-refractivity contribution is -0.120. The minimum atomic E-state index is -3.57. The number of nitrogens with one attached hydrogen (secondary N) is 1. The van der Waals surface area contributed by atoms with E-state index in [-0.39, 0.29) is 12.5 Å². The lowest BCUT2D eigenvalue weighted by atomic mass is 9.98. The molecule has 1 aliphatic rings. The fraction of sp³-hybridized carbons (Fsp3) is 0.450. The van der Waals surface area contributed by atoms with Crippen LogP contribution in [0.1, 0.15) is 23.3 Å². The van der Waals surface area contributed by atoms with Crippen molar-refractivity contribution >= 4 is 33.0 Å². The Morgan fingerprint density at radius 3 is 2.48 bits per heavy atom. The zero-order valence-corrected chi connectivity index (χ0v) is 18.7. The molecule has 158 valence electrons. The molecule has 1 aliphatic heterocycles. The molecule has 0 radical (unpaired) electrons. The van der Waals surface area contributed by atoms with Crippen LogP contribution in [0.3, 0.4) is 0 Å². The molecule has 1 aromatic carbocycles. The summed E-state index contributed by atoms with van der Waals surface area (Å²) in [4.78, 5) is 13.8. The van der Waals surface area contributed by atoms with Crippen LogP contribution in [-0.2, 0) is 14.8 Å². The van der Waals surface area contributed by atoms with E-state index in [2.05, 4.69) is 5.32 Å². The van der Waals surface area contributed by atoms with Gasteiger partial charge in [-0.1, -0.05) is 0 Å². The Morgan fingerprint density at radius 1 is 1.17 bits per heavy atom. The van der Waals surface area contributed by atoms with Gasteiger partial charge in [0.1, 0.15) is 4.21 Å². The Bertz CT molecular complexity index is 1000. The Kier molecular flexibility index (Phi) is 6.50. The van der Waals surface area contributed by atoms with Crippen LogP contribution in [0, 0.1) is 19.8 Å². The molecular weight excluding hydrogens is 412 g/mol. The first-order chi connectivity index (χ1) is 13.8. The summed E-state index contributed by atoms with van der Waals surface area (Å²) in [5, 5.41) is 2.93. The summed E-state index contributed by atoms with van der Waals surface area (Å²) in [5.74, 6) is 0.508. The highest BCUT2D eigenvalue weighted by molar-refractivity contribution is 7.91. The topological polar surface area (TPSA) is 84.9 Å². The van der Waals surface area contributed by atoms with Gasteiger partial charge in [-0.05, 0) is 50.5 Å². The van der Waals surface area contributed by atoms with E-state index >= 15 is 0 Å². The number of carbonyl (C=O) groups is 1. The van der Waals surface area contributed by atoms with Crippen LogP contribution in [0.4, 0.5) is 5.69 Å². The van der Waals surface area contributed by atoms with Gasteiger partial charge in [-0.2, -0.15) is 4.31 Å². The third-order valence-electron chi connectivity index (χ3n) is 5.05. The zero-order chi connectivity index (χ0) is 21.2. The summed E-state index contributed by atoms with van der Waals surface area (Å²) < 4.78 is 38.2. The Hall–Kier alpha value is -2.10. The van der Waals surface area contributed by atoms with Gasteiger partial charge in [0.25, 0.3) is 10.0 Å². The molecule has 7 nitrogen and oxygen atoms in total. The number of thiophene rings is 1. The van der Waals surface area contributed by atoms with E-state index in [1.807, 2.05) is 13.8 Å². The number of sulfonamides is 1. The first-order valence-corrected chi connectivity index (χ1v) is 11.6. The summed E-state index contributed by atoms with van der Waals surface area (Å²) in [6.45, 7) is 4.35. The third-order valence-corrected chi connectivity index (χ3v) is 8.39. The van der Waals surface area contributed by atoms with Gasteiger partial charge in [-0.15, -0.1) is 11.3 Å². The fourth-order valence-electron chi connectivity index (χ4n) is 3.40. The van der Waals surface area contributed by atoms with Gasteiger partial charge >= 0.3 is 0 Å². The second kappa shape index (κ2) is 8.73. The smallest absolute Gasteiger partial charge is 0.252 e. The lowest BCUT2D eigenvalue weighted by Gasteiger charge is -2.31. The van der Waals surface area contributed by atoms with E-state index in [4.69, 9.17) is 9.47 Å². The maximum atomic E-state index is 12.9. The van der Waals surface area contributed by atoms with Crippen molar-refractivity contribution in [3.05, 3.63) is 34.7 Å². The maximum Gasteiger partial charge on any atom is 0.252 e. The number of anilines is 1. The molecule has 3 rings (SSSR count). The second-order valence-corrected chi connectivity index (χ2v) is 10.5. The van der Waals surface area contributed by atoms with Crippen LogP contribution in [0.15, 0.2) is 28.5 Å². The molecule has 29 heavy (non-hydrogen) atoms. The summed E-state index contributed by atoms with van der Waals surface area (Å²) in [6.07, 6.45) is 1.29. The normalized spacial score (nSPS) is 17.7. The number of ether oxygens (including phenoxy) is 2. The number of hydrogen-bond donors (Lipinski definition) is 1. The van der Waals surface area contributed by atoms with Crippen LogP contribution in [0.5, 0.6) is 11.5 Å². The molecule has 2 aromatic rings. The van der Waals surface area contributed by atoms with Crippen molar-refractivity contribution in [3.8, 4) is 11.5 Å². The number of methoxy groups -OCH3 is 2. The van der Waals surface area contributed by atoms with E-state index in [9.17, 15) is 13.2 Å². The number of aryl methyl sites for hydroxylation is 2. The first kappa shape index (κ1) is 21.6. The Morgan fingerprint density at radius 2 is 1.86 bits per heavy atom. The predicted molar refractivity (Wildman–Crippen MR) is 113 cm³/mol. The number of amides is 1. The van der Waals surface area contributed by atoms with Crippen molar-refractivity contribution in [2.45, 2.75) is 30.9 Å². The summed E-state index contributed by atoms with van der Waals surface area (Å²) in [6, 6.07) is 6.95. The zero-order valence-electron chi connectivity index (χ0n) is 17.0. The van der Waals surface area contributed by atoms with Gasteiger partial charge in [0.2, 0.25) is 5.91 Å². The van der Waals surface area contributed by atoms with Crippen molar-refractivity contribution in [1.29, 1.82) is 0 Å². The molecule has 1 amide bonds. The average molecular weight is 439 g/mol. The van der Waals surface area contributed by atoms with E-state index in [1.54, 1.807) is 31.4 Å². The number of piperidine rings is 1. The van der Waals surface area contributed by atoms with Gasteiger partial charge < -0.3 is 14.8 Å². The van der Waals surface area contributed by atoms with Crippen LogP contribution < -0.4 is 14.8 Å². The molecule has 0 aliphatic carbocycles. The minimum absolute atomic E-state index is 0.178. The number of rotatable bonds is 6. The van der Waals surface area contributed by atoms with Crippen LogP contribution in [0.2, 0.25) is 0 Å². The van der Waals surface area contributed by atoms with Crippen molar-refractivity contribution < 1.29 is 22.7 Å². The molecule has 1 aromatic heterocycles. The monoisotopic (exact) mass is 438 g/mol. The third kappa shape index (κ3) is 4.57. The molecule has 1 saturated heterocycles. The molecule has 0 saturated carbocycles. The Labute approximate surface area is 175 Å². The molecule has 9 heteroatoms. The molecule has 1 atom stereocenters. The van der Waals surface area contributed by atoms with Crippen molar-refractivity contribution in [1.82, 2.24) is 4.31 Å². The molecule has 0 bridgehead atoms. The highest BCUT2D eigenvalue weighted by Gasteiger charge is 2.34. The van der Waals surface area contributed by atoms with E-state index in [1.165, 1.54) is 22.8 Å². The quantitative estimate of drug-likeness (QED) is 0.747. The summed E-state index contributed by atoms with van der Waals surface area (Å²) >= 11 is 1.25. The fourth-order valence-corrected chi connectivity index (χ4v) is 6.36. The standard InChI is InChI=1S/C20H26N2O5S2/c1-13-10-17(26-3)18(27-4)11-16(13)21-20(23)15-6-5-9-22(12-15)29(24,25)19-8-7-14(2)28-19/h7-8,10-11,15H,5-6,9,12H2,1-4H3,(H,21,23)/t15-/m0/s1. The largest absolute Gasteiger partial charge is 0.493 e. The number of nitrogens with zero attached hydrogens (tertiary/aromatic N) is 1. The lowest BCUT2D eigenvalue weighted by Crippen LogP contribution is -2.43. The molecular formula is C20H26N2O5S2. The summed E-state index contributed by atoms with van der Waals surface area (Å²) in [5.41, 5.74) is 1.46. The maximum absolute atomic E-state index is 12.9. The number of hydrogen-bond acceptors (Lipinski definition) is 6. The van der Waals surface area contributed by atoms with Crippen LogP contribution >= 0.6 is 11.3 Å². The molecule has 0 spiro atoms. The van der Waals surface area contributed by atoms with Gasteiger partial charge in [-0.25, -0.2) is 8.42 Å². The van der Waals surface area contributed by atoms with Crippen LogP contribution in [0.25, 0.3) is 0 Å². The molecule has 1 N–H and O–H groups in total. The predicted octanol–water partition coefficient (Wildman–Crippen LogP) is 3.42. The van der Waals surface area contributed by atoms with Gasteiger partial charge in [0.05, 0.1) is 20.1 Å². The van der Waals surface area contributed by atoms with E-state index in [0.29, 0.717) is 40.8 Å². The average Bonchev–Trinajstić information content (AvgIpc) is 3.16. The van der Waals surface area contributed by atoms with E-state index < -0.39 is 15.9 Å². The van der Waals surface area contributed by atoms with Crippen molar-refractivity contribution in [2.24, 2.45) is 5.92 Å². The van der Waals surface area contributed by atoms with Gasteiger partial charge in [-0.3, -0.25) is 4.79 Å². The van der Waals surface area contributed by atoms with Crippen molar-refractivity contribution in [2.75, 3.05) is 32.6 Å². The Balaban J connectivity index is 1.75. The molecule has 1 fully saturated rings. The SMILES string of the molecule is COc1cc(C)c(NC(=O)[C@H]2CCCN(S(=O)(=O)c3ccc(C)s3)C2)cc1OC. The van der Waals surface area contributed by atoms with Crippen molar-refractivity contribution in [3.63, 3.8) is 0 Å². The number of carbonyl (C=O) groups excluding carboxylic acids is 1. The summed E-state index contributed by atoms with van der Waals surface area (Å²) in [7, 11) is -0.479. The second-order valence-electron chi connectivity index (χ2n) is 7.08. The first-order valence-electron chi connectivity index (χ1n) is 9.36. The van der Waals surface area contributed by atoms with Gasteiger partial charge in [0.15, 0.2) is 11.5 Å². The molecule has 0 unspecified atom stereocenters. The highest BCUT2D eigenvalue weighted by atomic mass is 32.2. The van der Waals surface area contributed by atoms with Gasteiger partial charge in [0, 0.05) is 29.7 Å². The minimum Gasteiger partial charge on any atom is -0.493 e. The molecule has 2 heterocycles. The van der Waals surface area contributed by atoms with Crippen LogP contribution in [-0.4, -0.2) is 45.9 Å². The highest BCUT2D eigenvalue weighted by Crippen LogP contribution is 2.34. The number of benzene rings is 1. The van der Waals surface area contributed by atoms with E-state index in [0.717, 1.165) is 10.4 Å².